The van der Waals surface area contributed by atoms with Crippen LogP contribution in [0.5, 0.6) is 0 Å². The number of rotatable bonds is 2. The fraction of sp³-hybridized carbons (Fsp3) is 0.294. The summed E-state index contributed by atoms with van der Waals surface area (Å²) < 4.78 is 0.534. The quantitative estimate of drug-likeness (QED) is 0.827. The van der Waals surface area contributed by atoms with Crippen molar-refractivity contribution in [3.63, 3.8) is 0 Å². The Bertz CT molecular complexity index is 764. The van der Waals surface area contributed by atoms with E-state index >= 15 is 0 Å². The van der Waals surface area contributed by atoms with Crippen molar-refractivity contribution in [3.05, 3.63) is 61.9 Å². The van der Waals surface area contributed by atoms with Crippen molar-refractivity contribution in [1.82, 2.24) is 4.98 Å². The van der Waals surface area contributed by atoms with E-state index in [1.807, 2.05) is 13.8 Å². The maximum atomic E-state index is 9.22. The number of aromatic nitrogens is 1. The van der Waals surface area contributed by atoms with Gasteiger partial charge in [0.25, 0.3) is 0 Å². The third-order valence-electron chi connectivity index (χ3n) is 3.87. The lowest BCUT2D eigenvalue weighted by atomic mass is 9.95. The fourth-order valence-corrected chi connectivity index (χ4v) is 2.78. The summed E-state index contributed by atoms with van der Waals surface area (Å²) in [6, 6.07) is 8.70. The first-order chi connectivity index (χ1) is 9.43. The topological polar surface area (TPSA) is 39.6 Å². The van der Waals surface area contributed by atoms with Crippen LogP contribution in [-0.4, -0.2) is 4.98 Å². The highest BCUT2D eigenvalue weighted by molar-refractivity contribution is 7.71. The van der Waals surface area contributed by atoms with E-state index in [-0.39, 0.29) is 0 Å². The summed E-state index contributed by atoms with van der Waals surface area (Å²) in [6.07, 6.45) is 0.819. The summed E-state index contributed by atoms with van der Waals surface area (Å²) in [5.74, 6) is 0. The summed E-state index contributed by atoms with van der Waals surface area (Å²) in [5.41, 5.74) is 7.64. The van der Waals surface area contributed by atoms with Gasteiger partial charge in [-0.05, 0) is 61.9 Å². The molecule has 20 heavy (non-hydrogen) atoms. The van der Waals surface area contributed by atoms with Crippen molar-refractivity contribution in [2.24, 2.45) is 0 Å². The molecule has 3 heteroatoms. The zero-order valence-corrected chi connectivity index (χ0v) is 13.1. The normalized spacial score (nSPS) is 10.3. The molecule has 0 saturated carbocycles. The Morgan fingerprint density at radius 3 is 2.45 bits per heavy atom. The van der Waals surface area contributed by atoms with E-state index in [1.165, 1.54) is 22.3 Å². The average Bonchev–Trinajstić information content (AvgIpc) is 2.39. The number of hydrogen-bond acceptors (Lipinski definition) is 2. The Morgan fingerprint density at radius 1 is 1.15 bits per heavy atom. The molecule has 2 rings (SSSR count). The first-order valence-corrected chi connectivity index (χ1v) is 7.03. The van der Waals surface area contributed by atoms with Crippen LogP contribution >= 0.6 is 12.2 Å². The van der Waals surface area contributed by atoms with Gasteiger partial charge in [0.2, 0.25) is 0 Å². The molecule has 0 aliphatic heterocycles. The van der Waals surface area contributed by atoms with Crippen LogP contribution in [0.2, 0.25) is 0 Å². The van der Waals surface area contributed by atoms with Crippen molar-refractivity contribution in [1.29, 1.82) is 5.26 Å². The highest BCUT2D eigenvalue weighted by Gasteiger charge is 2.11. The number of H-pyrrole nitrogens is 1. The summed E-state index contributed by atoms with van der Waals surface area (Å²) in [6.45, 7) is 8.23. The van der Waals surface area contributed by atoms with Gasteiger partial charge in [-0.2, -0.15) is 5.26 Å². The lowest BCUT2D eigenvalue weighted by molar-refractivity contribution is 1.03. The van der Waals surface area contributed by atoms with Crippen LogP contribution in [0.3, 0.4) is 0 Å². The predicted molar refractivity (Wildman–Crippen MR) is 84.5 cm³/mol. The van der Waals surface area contributed by atoms with Gasteiger partial charge in [0, 0.05) is 5.69 Å². The lowest BCUT2D eigenvalue weighted by Crippen LogP contribution is -2.02. The van der Waals surface area contributed by atoms with Crippen LogP contribution < -0.4 is 0 Å². The lowest BCUT2D eigenvalue weighted by Gasteiger charge is -2.12. The van der Waals surface area contributed by atoms with Gasteiger partial charge in [-0.15, -0.1) is 0 Å². The largest absolute Gasteiger partial charge is 0.349 e. The minimum Gasteiger partial charge on any atom is -0.349 e. The van der Waals surface area contributed by atoms with Gasteiger partial charge in [0.1, 0.15) is 10.7 Å². The van der Waals surface area contributed by atoms with E-state index in [2.05, 4.69) is 43.1 Å². The Labute approximate surface area is 125 Å². The van der Waals surface area contributed by atoms with Crippen LogP contribution in [0, 0.1) is 43.7 Å². The molecule has 1 aromatic heterocycles. The van der Waals surface area contributed by atoms with E-state index in [9.17, 15) is 5.26 Å². The second-order valence-electron chi connectivity index (χ2n) is 5.26. The molecule has 2 aromatic rings. The van der Waals surface area contributed by atoms with Crippen molar-refractivity contribution in [3.8, 4) is 6.07 Å². The average molecular weight is 282 g/mol. The van der Waals surface area contributed by atoms with Gasteiger partial charge < -0.3 is 4.98 Å². The van der Waals surface area contributed by atoms with Gasteiger partial charge in [-0.3, -0.25) is 0 Å². The molecule has 0 spiro atoms. The van der Waals surface area contributed by atoms with Crippen molar-refractivity contribution < 1.29 is 0 Å². The number of pyridine rings is 1. The molecule has 0 aliphatic rings. The summed E-state index contributed by atoms with van der Waals surface area (Å²) in [4.78, 5) is 3.14. The van der Waals surface area contributed by atoms with Gasteiger partial charge in [-0.25, -0.2) is 0 Å². The number of hydrogen-bond donors (Lipinski definition) is 1. The Kier molecular flexibility index (Phi) is 4.06. The fourth-order valence-electron chi connectivity index (χ4n) is 2.43. The highest BCUT2D eigenvalue weighted by Crippen LogP contribution is 2.21. The Balaban J connectivity index is 2.51. The number of nitrogens with zero attached hydrogens (tertiary/aromatic N) is 1. The minimum absolute atomic E-state index is 0.534. The molecule has 0 bridgehead atoms. The molecule has 0 saturated heterocycles. The van der Waals surface area contributed by atoms with Crippen molar-refractivity contribution in [2.45, 2.75) is 34.1 Å². The highest BCUT2D eigenvalue weighted by atomic mass is 32.1. The van der Waals surface area contributed by atoms with E-state index in [0.29, 0.717) is 10.2 Å². The van der Waals surface area contributed by atoms with E-state index in [1.54, 1.807) is 0 Å². The SMILES string of the molecule is Cc1ccc(Cc2c(C)[nH]c(=S)c(C#N)c2C)cc1C. The van der Waals surface area contributed by atoms with Crippen LogP contribution in [0.15, 0.2) is 18.2 Å². The smallest absolute Gasteiger partial charge is 0.121 e. The Hall–Kier alpha value is -1.92. The number of nitriles is 1. The number of nitrogens with one attached hydrogen (secondary N) is 1. The maximum Gasteiger partial charge on any atom is 0.121 e. The summed E-state index contributed by atoms with van der Waals surface area (Å²) in [5, 5.41) is 9.22. The number of aryl methyl sites for hydroxylation is 3. The molecule has 0 aliphatic carbocycles. The Morgan fingerprint density at radius 2 is 1.85 bits per heavy atom. The molecular formula is C17H18N2S. The standard InChI is InChI=1S/C17H18N2S/c1-10-5-6-14(7-11(10)2)8-15-12(3)16(9-18)17(20)19-13(15)4/h5-7H,8H2,1-4H3,(H,19,20). The van der Waals surface area contributed by atoms with Crippen LogP contribution in [0.25, 0.3) is 0 Å². The molecule has 0 atom stereocenters. The molecule has 2 nitrogen and oxygen atoms in total. The zero-order valence-electron chi connectivity index (χ0n) is 12.3. The van der Waals surface area contributed by atoms with Crippen LogP contribution in [0.1, 0.15) is 39.1 Å². The number of benzene rings is 1. The third-order valence-corrected chi connectivity index (χ3v) is 4.18. The second-order valence-corrected chi connectivity index (χ2v) is 5.67. The first-order valence-electron chi connectivity index (χ1n) is 6.62. The number of aromatic amines is 1. The molecule has 0 amide bonds. The molecule has 1 heterocycles. The van der Waals surface area contributed by atoms with Crippen molar-refractivity contribution in [2.75, 3.05) is 0 Å². The predicted octanol–water partition coefficient (Wildman–Crippen LogP) is 4.44. The summed E-state index contributed by atoms with van der Waals surface area (Å²) in [7, 11) is 0. The second kappa shape index (κ2) is 5.60. The maximum absolute atomic E-state index is 9.22. The zero-order chi connectivity index (χ0) is 14.9. The van der Waals surface area contributed by atoms with E-state index in [0.717, 1.165) is 17.7 Å². The van der Waals surface area contributed by atoms with Gasteiger partial charge in [-0.1, -0.05) is 30.4 Å². The first kappa shape index (κ1) is 14.5. The molecule has 0 unspecified atom stereocenters. The van der Waals surface area contributed by atoms with Crippen LogP contribution in [-0.2, 0) is 6.42 Å². The van der Waals surface area contributed by atoms with E-state index < -0.39 is 0 Å². The monoisotopic (exact) mass is 282 g/mol. The molecular weight excluding hydrogens is 264 g/mol. The van der Waals surface area contributed by atoms with E-state index in [4.69, 9.17) is 12.2 Å². The molecule has 102 valence electrons. The van der Waals surface area contributed by atoms with Crippen LogP contribution in [0.4, 0.5) is 0 Å². The molecule has 1 N–H and O–H groups in total. The van der Waals surface area contributed by atoms with Gasteiger partial charge >= 0.3 is 0 Å². The van der Waals surface area contributed by atoms with Gasteiger partial charge in [0.15, 0.2) is 0 Å². The minimum atomic E-state index is 0.534. The van der Waals surface area contributed by atoms with Crippen molar-refractivity contribution >= 4 is 12.2 Å². The molecule has 0 radical (unpaired) electrons. The third kappa shape index (κ3) is 2.66. The molecule has 0 fully saturated rings. The van der Waals surface area contributed by atoms with Gasteiger partial charge in [0.05, 0.1) is 5.56 Å². The molecule has 1 aromatic carbocycles. The summed E-state index contributed by atoms with van der Waals surface area (Å²) >= 11 is 5.21.